The lowest BCUT2D eigenvalue weighted by atomic mass is 10.1. The maximum Gasteiger partial charge on any atom is 0.168 e. The average molecular weight is 234 g/mol. The van der Waals surface area contributed by atoms with Crippen molar-refractivity contribution in [2.75, 3.05) is 0 Å². The van der Waals surface area contributed by atoms with E-state index in [1.165, 1.54) is 0 Å². The largest absolute Gasteiger partial charge is 0.291 e. The second kappa shape index (κ2) is 3.97. The highest BCUT2D eigenvalue weighted by Gasteiger charge is 2.10. The van der Waals surface area contributed by atoms with Crippen molar-refractivity contribution in [2.45, 2.75) is 6.92 Å². The Hall–Kier alpha value is -2.67. The Morgan fingerprint density at radius 3 is 2.61 bits per heavy atom. The van der Waals surface area contributed by atoms with Crippen molar-refractivity contribution in [2.24, 2.45) is 0 Å². The van der Waals surface area contributed by atoms with Crippen LogP contribution in [0.2, 0.25) is 0 Å². The molecule has 0 spiro atoms. The SMILES string of the molecule is Cc1nnc(-n2cccc2C#N)c2ccccc12. The molecule has 2 aromatic heterocycles. The van der Waals surface area contributed by atoms with Crippen molar-refractivity contribution in [3.63, 3.8) is 0 Å². The normalized spacial score (nSPS) is 10.4. The number of nitrogens with zero attached hydrogens (tertiary/aromatic N) is 4. The molecule has 0 saturated heterocycles. The lowest BCUT2D eigenvalue weighted by Gasteiger charge is -2.08. The van der Waals surface area contributed by atoms with Gasteiger partial charge < -0.3 is 0 Å². The Labute approximate surface area is 104 Å². The van der Waals surface area contributed by atoms with Gasteiger partial charge in [0.25, 0.3) is 0 Å². The summed E-state index contributed by atoms with van der Waals surface area (Å²) in [5, 5.41) is 19.5. The molecule has 4 nitrogen and oxygen atoms in total. The van der Waals surface area contributed by atoms with E-state index in [1.54, 1.807) is 10.6 Å². The summed E-state index contributed by atoms with van der Waals surface area (Å²) < 4.78 is 1.76. The van der Waals surface area contributed by atoms with E-state index in [4.69, 9.17) is 5.26 Å². The van der Waals surface area contributed by atoms with Crippen LogP contribution in [-0.2, 0) is 0 Å². The summed E-state index contributed by atoms with van der Waals surface area (Å²) in [5.41, 5.74) is 1.44. The quantitative estimate of drug-likeness (QED) is 0.650. The maximum absolute atomic E-state index is 9.08. The third kappa shape index (κ3) is 1.45. The summed E-state index contributed by atoms with van der Waals surface area (Å²) in [4.78, 5) is 0. The fraction of sp³-hybridized carbons (Fsp3) is 0.0714. The Bertz CT molecular complexity index is 765. The van der Waals surface area contributed by atoms with Crippen LogP contribution in [0.15, 0.2) is 42.6 Å². The molecule has 0 radical (unpaired) electrons. The molecule has 0 unspecified atom stereocenters. The van der Waals surface area contributed by atoms with E-state index in [9.17, 15) is 0 Å². The first-order valence-corrected chi connectivity index (χ1v) is 5.61. The van der Waals surface area contributed by atoms with E-state index < -0.39 is 0 Å². The van der Waals surface area contributed by atoms with Gasteiger partial charge in [-0.05, 0) is 19.1 Å². The summed E-state index contributed by atoms with van der Waals surface area (Å²) in [7, 11) is 0. The molecule has 0 bridgehead atoms. The first-order valence-electron chi connectivity index (χ1n) is 5.61. The first kappa shape index (κ1) is 10.5. The third-order valence-corrected chi connectivity index (χ3v) is 2.94. The number of rotatable bonds is 1. The van der Waals surface area contributed by atoms with Crippen molar-refractivity contribution >= 4 is 10.8 Å². The van der Waals surface area contributed by atoms with Gasteiger partial charge >= 0.3 is 0 Å². The van der Waals surface area contributed by atoms with E-state index in [-0.39, 0.29) is 0 Å². The average Bonchev–Trinajstić information content (AvgIpc) is 2.88. The first-order chi connectivity index (χ1) is 8.81. The minimum absolute atomic E-state index is 0.554. The van der Waals surface area contributed by atoms with Crippen LogP contribution in [-0.4, -0.2) is 14.8 Å². The van der Waals surface area contributed by atoms with E-state index >= 15 is 0 Å². The molecule has 4 heteroatoms. The van der Waals surface area contributed by atoms with Gasteiger partial charge in [0.1, 0.15) is 11.8 Å². The van der Waals surface area contributed by atoms with Crippen molar-refractivity contribution in [3.8, 4) is 11.9 Å². The van der Waals surface area contributed by atoms with Gasteiger partial charge in [-0.25, -0.2) is 0 Å². The van der Waals surface area contributed by atoms with Gasteiger partial charge in [0.15, 0.2) is 5.82 Å². The molecule has 0 atom stereocenters. The van der Waals surface area contributed by atoms with Crippen molar-refractivity contribution in [3.05, 3.63) is 54.0 Å². The molecule has 0 aliphatic heterocycles. The molecular weight excluding hydrogens is 224 g/mol. The zero-order valence-electron chi connectivity index (χ0n) is 9.83. The molecule has 3 aromatic rings. The summed E-state index contributed by atoms with van der Waals surface area (Å²) in [5.74, 6) is 0.692. The third-order valence-electron chi connectivity index (χ3n) is 2.94. The van der Waals surface area contributed by atoms with Crippen LogP contribution in [0.25, 0.3) is 16.6 Å². The number of hydrogen-bond acceptors (Lipinski definition) is 3. The number of hydrogen-bond donors (Lipinski definition) is 0. The molecule has 1 aromatic carbocycles. The zero-order valence-corrected chi connectivity index (χ0v) is 9.83. The lowest BCUT2D eigenvalue weighted by molar-refractivity contribution is 0.908. The standard InChI is InChI=1S/C14H10N4/c1-10-12-6-2-3-7-13(12)14(17-16-10)18-8-4-5-11(18)9-15/h2-8H,1H3. The smallest absolute Gasteiger partial charge is 0.168 e. The van der Waals surface area contributed by atoms with Gasteiger partial charge in [-0.1, -0.05) is 24.3 Å². The van der Waals surface area contributed by atoms with Crippen molar-refractivity contribution in [1.82, 2.24) is 14.8 Å². The second-order valence-electron chi connectivity index (χ2n) is 4.03. The van der Waals surface area contributed by atoms with Crippen LogP contribution < -0.4 is 0 Å². The van der Waals surface area contributed by atoms with Gasteiger partial charge in [0.05, 0.1) is 5.69 Å². The molecule has 18 heavy (non-hydrogen) atoms. The number of aryl methyl sites for hydroxylation is 1. The fourth-order valence-corrected chi connectivity index (χ4v) is 2.06. The topological polar surface area (TPSA) is 54.5 Å². The van der Waals surface area contributed by atoms with E-state index in [1.807, 2.05) is 43.5 Å². The van der Waals surface area contributed by atoms with Gasteiger partial charge in [-0.3, -0.25) is 4.57 Å². The molecule has 0 saturated carbocycles. The van der Waals surface area contributed by atoms with Gasteiger partial charge in [-0.2, -0.15) is 10.4 Å². The Morgan fingerprint density at radius 2 is 1.83 bits per heavy atom. The summed E-state index contributed by atoms with van der Waals surface area (Å²) in [6, 6.07) is 13.7. The van der Waals surface area contributed by atoms with Gasteiger partial charge in [0, 0.05) is 17.0 Å². The monoisotopic (exact) mass is 234 g/mol. The van der Waals surface area contributed by atoms with Crippen LogP contribution in [0.3, 0.4) is 0 Å². The Morgan fingerprint density at radius 1 is 1.06 bits per heavy atom. The highest BCUT2D eigenvalue weighted by molar-refractivity contribution is 5.89. The van der Waals surface area contributed by atoms with Crippen molar-refractivity contribution < 1.29 is 0 Å². The van der Waals surface area contributed by atoms with Crippen LogP contribution in [0.5, 0.6) is 0 Å². The van der Waals surface area contributed by atoms with Gasteiger partial charge in [-0.15, -0.1) is 5.10 Å². The molecule has 0 fully saturated rings. The summed E-state index contributed by atoms with van der Waals surface area (Å²) >= 11 is 0. The van der Waals surface area contributed by atoms with Gasteiger partial charge in [0.2, 0.25) is 0 Å². The van der Waals surface area contributed by atoms with Crippen LogP contribution >= 0.6 is 0 Å². The molecule has 0 aliphatic rings. The predicted molar refractivity (Wildman–Crippen MR) is 68.3 cm³/mol. The molecule has 0 aliphatic carbocycles. The summed E-state index contributed by atoms with van der Waals surface area (Å²) in [6.07, 6.45) is 1.82. The molecule has 0 amide bonds. The number of aromatic nitrogens is 3. The number of fused-ring (bicyclic) bond motifs is 1. The van der Waals surface area contributed by atoms with Crippen LogP contribution in [0.4, 0.5) is 0 Å². The minimum atomic E-state index is 0.554. The zero-order chi connectivity index (χ0) is 12.5. The van der Waals surface area contributed by atoms with E-state index in [0.717, 1.165) is 16.5 Å². The Kier molecular flexibility index (Phi) is 2.31. The second-order valence-corrected chi connectivity index (χ2v) is 4.03. The minimum Gasteiger partial charge on any atom is -0.291 e. The molecule has 0 N–H and O–H groups in total. The molecule has 2 heterocycles. The summed E-state index contributed by atoms with van der Waals surface area (Å²) in [6.45, 7) is 1.93. The maximum atomic E-state index is 9.08. The van der Waals surface area contributed by atoms with Crippen molar-refractivity contribution in [1.29, 1.82) is 5.26 Å². The van der Waals surface area contributed by atoms with E-state index in [2.05, 4.69) is 16.3 Å². The predicted octanol–water partition coefficient (Wildman–Crippen LogP) is 2.60. The lowest BCUT2D eigenvalue weighted by Crippen LogP contribution is -2.02. The highest BCUT2D eigenvalue weighted by Crippen LogP contribution is 2.22. The number of benzene rings is 1. The molecular formula is C14H10N4. The fourth-order valence-electron chi connectivity index (χ4n) is 2.06. The number of nitriles is 1. The highest BCUT2D eigenvalue weighted by atomic mass is 15.2. The van der Waals surface area contributed by atoms with E-state index in [0.29, 0.717) is 11.5 Å². The van der Waals surface area contributed by atoms with Crippen LogP contribution in [0, 0.1) is 18.3 Å². The Balaban J connectivity index is 2.38. The van der Waals surface area contributed by atoms with Crippen LogP contribution in [0.1, 0.15) is 11.4 Å². The molecule has 86 valence electrons. The molecule has 3 rings (SSSR count).